The van der Waals surface area contributed by atoms with Gasteiger partial charge in [-0.05, 0) is 29.7 Å². The van der Waals surface area contributed by atoms with Crippen molar-refractivity contribution in [3.8, 4) is 0 Å². The average molecular weight is 266 g/mol. The molecular weight excluding hydrogens is 244 g/mol. The van der Waals surface area contributed by atoms with Crippen LogP contribution in [0.5, 0.6) is 0 Å². The number of likely N-dealkylation sites (tertiary alicyclic amines) is 1. The van der Waals surface area contributed by atoms with E-state index in [1.807, 2.05) is 11.4 Å². The first-order chi connectivity index (χ1) is 8.63. The van der Waals surface area contributed by atoms with Gasteiger partial charge in [0.25, 0.3) is 0 Å². The number of hydrogen-bond acceptors (Lipinski definition) is 3. The Morgan fingerprint density at radius 2 is 2.17 bits per heavy atom. The van der Waals surface area contributed by atoms with Crippen molar-refractivity contribution in [3.05, 3.63) is 22.4 Å². The number of nitrogens with one attached hydrogen (secondary N) is 1. The zero-order valence-electron chi connectivity index (χ0n) is 11.2. The Kier molecular flexibility index (Phi) is 4.78. The second-order valence-electron chi connectivity index (χ2n) is 5.50. The minimum atomic E-state index is 0.143. The number of piperidine rings is 1. The highest BCUT2D eigenvalue weighted by molar-refractivity contribution is 7.09. The maximum atomic E-state index is 11.9. The molecule has 2 heterocycles. The van der Waals surface area contributed by atoms with Crippen LogP contribution < -0.4 is 5.32 Å². The quantitative estimate of drug-likeness (QED) is 0.907. The molecule has 0 aromatic carbocycles. The summed E-state index contributed by atoms with van der Waals surface area (Å²) >= 11 is 1.68. The fraction of sp³-hybridized carbons (Fsp3) is 0.643. The summed E-state index contributed by atoms with van der Waals surface area (Å²) in [5.41, 5.74) is 0. The van der Waals surface area contributed by atoms with Crippen LogP contribution >= 0.6 is 11.3 Å². The lowest BCUT2D eigenvalue weighted by atomic mass is 9.92. The molecule has 1 saturated heterocycles. The monoisotopic (exact) mass is 266 g/mol. The molecule has 1 N–H and O–H groups in total. The maximum Gasteiger partial charge on any atom is 0.234 e. The third kappa shape index (κ3) is 4.10. The molecular formula is C14H22N2OS. The topological polar surface area (TPSA) is 32.3 Å². The standard InChI is InChI=1S/C14H22N2OS/c1-11-6-12(2)9-16(8-11)10-14(17)15-7-13-4-3-5-18-13/h3-5,11-12H,6-10H2,1-2H3,(H,15,17)/t11-,12-/m0/s1. The van der Waals surface area contributed by atoms with Gasteiger partial charge in [-0.15, -0.1) is 11.3 Å². The first-order valence-electron chi connectivity index (χ1n) is 6.65. The lowest BCUT2D eigenvalue weighted by molar-refractivity contribution is -0.123. The molecule has 0 unspecified atom stereocenters. The van der Waals surface area contributed by atoms with Crippen molar-refractivity contribution in [1.82, 2.24) is 10.2 Å². The van der Waals surface area contributed by atoms with Gasteiger partial charge in [-0.25, -0.2) is 0 Å². The second kappa shape index (κ2) is 6.34. The minimum absolute atomic E-state index is 0.143. The molecule has 1 aliphatic rings. The zero-order valence-corrected chi connectivity index (χ0v) is 12.0. The number of thiophene rings is 1. The molecule has 1 fully saturated rings. The predicted molar refractivity (Wildman–Crippen MR) is 75.6 cm³/mol. The summed E-state index contributed by atoms with van der Waals surface area (Å²) in [5, 5.41) is 5.03. The van der Waals surface area contributed by atoms with Crippen LogP contribution in [0.1, 0.15) is 25.1 Å². The van der Waals surface area contributed by atoms with Crippen molar-refractivity contribution in [3.63, 3.8) is 0 Å². The molecule has 1 amide bonds. The van der Waals surface area contributed by atoms with Crippen LogP contribution in [0.2, 0.25) is 0 Å². The fourth-order valence-corrected chi connectivity index (χ4v) is 3.42. The van der Waals surface area contributed by atoms with Gasteiger partial charge in [0.15, 0.2) is 0 Å². The second-order valence-corrected chi connectivity index (χ2v) is 6.53. The molecule has 2 atom stereocenters. The molecule has 1 aromatic heterocycles. The van der Waals surface area contributed by atoms with E-state index in [-0.39, 0.29) is 5.91 Å². The highest BCUT2D eigenvalue weighted by atomic mass is 32.1. The van der Waals surface area contributed by atoms with E-state index in [0.717, 1.165) is 13.1 Å². The summed E-state index contributed by atoms with van der Waals surface area (Å²) in [4.78, 5) is 15.4. The maximum absolute atomic E-state index is 11.9. The van der Waals surface area contributed by atoms with E-state index in [2.05, 4.69) is 30.1 Å². The van der Waals surface area contributed by atoms with Gasteiger partial charge in [0, 0.05) is 18.0 Å². The molecule has 0 aliphatic carbocycles. The van der Waals surface area contributed by atoms with Crippen molar-refractivity contribution in [2.24, 2.45) is 11.8 Å². The normalized spacial score (nSPS) is 25.0. The highest BCUT2D eigenvalue weighted by Crippen LogP contribution is 2.20. The Morgan fingerprint density at radius 1 is 1.44 bits per heavy atom. The van der Waals surface area contributed by atoms with E-state index >= 15 is 0 Å². The largest absolute Gasteiger partial charge is 0.350 e. The Balaban J connectivity index is 1.73. The number of nitrogens with zero attached hydrogens (tertiary/aromatic N) is 1. The van der Waals surface area contributed by atoms with Crippen molar-refractivity contribution >= 4 is 17.2 Å². The number of rotatable bonds is 4. The van der Waals surface area contributed by atoms with Crippen LogP contribution in [0.25, 0.3) is 0 Å². The van der Waals surface area contributed by atoms with Gasteiger partial charge in [0.2, 0.25) is 5.91 Å². The average Bonchev–Trinajstić information content (AvgIpc) is 2.77. The van der Waals surface area contributed by atoms with E-state index in [9.17, 15) is 4.79 Å². The molecule has 4 heteroatoms. The number of carbonyl (C=O) groups excluding carboxylic acids is 1. The predicted octanol–water partition coefficient (Wildman–Crippen LogP) is 2.34. The summed E-state index contributed by atoms with van der Waals surface area (Å²) in [6, 6.07) is 4.07. The Labute approximate surface area is 113 Å². The summed E-state index contributed by atoms with van der Waals surface area (Å²) in [7, 11) is 0. The first kappa shape index (κ1) is 13.6. The molecule has 18 heavy (non-hydrogen) atoms. The van der Waals surface area contributed by atoms with Gasteiger partial charge in [0.05, 0.1) is 13.1 Å². The molecule has 3 nitrogen and oxygen atoms in total. The molecule has 0 bridgehead atoms. The van der Waals surface area contributed by atoms with Gasteiger partial charge in [-0.1, -0.05) is 19.9 Å². The molecule has 2 rings (SSSR count). The van der Waals surface area contributed by atoms with Crippen LogP contribution in [-0.4, -0.2) is 30.4 Å². The van der Waals surface area contributed by atoms with Gasteiger partial charge in [-0.2, -0.15) is 0 Å². The molecule has 100 valence electrons. The van der Waals surface area contributed by atoms with E-state index in [1.54, 1.807) is 11.3 Å². The highest BCUT2D eigenvalue weighted by Gasteiger charge is 2.22. The lowest BCUT2D eigenvalue weighted by Gasteiger charge is -2.34. The smallest absolute Gasteiger partial charge is 0.234 e. The summed E-state index contributed by atoms with van der Waals surface area (Å²) in [6.07, 6.45) is 1.29. The van der Waals surface area contributed by atoms with Crippen LogP contribution in [0.4, 0.5) is 0 Å². The first-order valence-corrected chi connectivity index (χ1v) is 7.53. The van der Waals surface area contributed by atoms with Crippen molar-refractivity contribution < 1.29 is 4.79 Å². The molecule has 1 aliphatic heterocycles. The van der Waals surface area contributed by atoms with Crippen molar-refractivity contribution in [1.29, 1.82) is 0 Å². The van der Waals surface area contributed by atoms with Gasteiger partial charge in [-0.3, -0.25) is 9.69 Å². The lowest BCUT2D eigenvalue weighted by Crippen LogP contribution is -2.44. The Morgan fingerprint density at radius 3 is 2.78 bits per heavy atom. The van der Waals surface area contributed by atoms with Crippen LogP contribution in [0.15, 0.2) is 17.5 Å². The summed E-state index contributed by atoms with van der Waals surface area (Å²) in [6.45, 7) is 7.85. The van der Waals surface area contributed by atoms with E-state index in [1.165, 1.54) is 11.3 Å². The van der Waals surface area contributed by atoms with Crippen molar-refractivity contribution in [2.45, 2.75) is 26.8 Å². The van der Waals surface area contributed by atoms with E-state index < -0.39 is 0 Å². The third-order valence-corrected chi connectivity index (χ3v) is 4.23. The zero-order chi connectivity index (χ0) is 13.0. The fourth-order valence-electron chi connectivity index (χ4n) is 2.78. The Hall–Kier alpha value is -0.870. The SMILES string of the molecule is C[C@H]1C[C@H](C)CN(CC(=O)NCc2cccs2)C1. The summed E-state index contributed by atoms with van der Waals surface area (Å²) in [5.74, 6) is 1.56. The van der Waals surface area contributed by atoms with Crippen LogP contribution in [-0.2, 0) is 11.3 Å². The molecule has 0 saturated carbocycles. The molecule has 0 spiro atoms. The van der Waals surface area contributed by atoms with E-state index in [0.29, 0.717) is 24.9 Å². The number of carbonyl (C=O) groups is 1. The molecule has 1 aromatic rings. The third-order valence-electron chi connectivity index (χ3n) is 3.35. The van der Waals surface area contributed by atoms with Gasteiger partial charge in [0.1, 0.15) is 0 Å². The summed E-state index contributed by atoms with van der Waals surface area (Å²) < 4.78 is 0. The number of hydrogen-bond donors (Lipinski definition) is 1. The van der Waals surface area contributed by atoms with Gasteiger partial charge < -0.3 is 5.32 Å². The van der Waals surface area contributed by atoms with Crippen molar-refractivity contribution in [2.75, 3.05) is 19.6 Å². The number of amides is 1. The minimum Gasteiger partial charge on any atom is -0.350 e. The van der Waals surface area contributed by atoms with Crippen LogP contribution in [0.3, 0.4) is 0 Å². The van der Waals surface area contributed by atoms with E-state index in [4.69, 9.17) is 0 Å². The van der Waals surface area contributed by atoms with Gasteiger partial charge >= 0.3 is 0 Å². The van der Waals surface area contributed by atoms with Crippen LogP contribution in [0, 0.1) is 11.8 Å². The Bertz CT molecular complexity index is 367. The molecule has 0 radical (unpaired) electrons.